The maximum absolute atomic E-state index is 13.3. The summed E-state index contributed by atoms with van der Waals surface area (Å²) in [5.41, 5.74) is 1.03. The van der Waals surface area contributed by atoms with Crippen molar-refractivity contribution < 1.29 is 14.0 Å². The molecule has 1 aromatic rings. The molecule has 0 spiro atoms. The SMILES string of the molecule is CCC(C)C1NC(=O)CN(c2ccc(F)c(C)c2)C1=O. The van der Waals surface area contributed by atoms with Gasteiger partial charge in [-0.1, -0.05) is 20.3 Å². The number of halogens is 1. The van der Waals surface area contributed by atoms with Gasteiger partial charge < -0.3 is 10.2 Å². The summed E-state index contributed by atoms with van der Waals surface area (Å²) < 4.78 is 13.3. The van der Waals surface area contributed by atoms with Gasteiger partial charge in [0.25, 0.3) is 0 Å². The normalized spacial score (nSPS) is 20.8. The zero-order valence-corrected chi connectivity index (χ0v) is 11.9. The highest BCUT2D eigenvalue weighted by molar-refractivity contribution is 6.06. The van der Waals surface area contributed by atoms with Gasteiger partial charge in [-0.3, -0.25) is 9.59 Å². The smallest absolute Gasteiger partial charge is 0.250 e. The van der Waals surface area contributed by atoms with Gasteiger partial charge in [0.2, 0.25) is 11.8 Å². The summed E-state index contributed by atoms with van der Waals surface area (Å²) in [5.74, 6) is -0.571. The number of anilines is 1. The first-order valence-corrected chi connectivity index (χ1v) is 6.81. The van der Waals surface area contributed by atoms with E-state index in [1.165, 1.54) is 17.0 Å². The summed E-state index contributed by atoms with van der Waals surface area (Å²) in [5, 5.41) is 2.74. The molecule has 4 nitrogen and oxygen atoms in total. The molecule has 2 rings (SSSR count). The van der Waals surface area contributed by atoms with Gasteiger partial charge in [0.05, 0.1) is 0 Å². The molecule has 1 N–H and O–H groups in total. The van der Waals surface area contributed by atoms with Crippen molar-refractivity contribution in [1.29, 1.82) is 0 Å². The molecular weight excluding hydrogens is 259 g/mol. The van der Waals surface area contributed by atoms with Crippen molar-refractivity contribution in [2.75, 3.05) is 11.4 Å². The first kappa shape index (κ1) is 14.5. The van der Waals surface area contributed by atoms with Gasteiger partial charge in [0, 0.05) is 5.69 Å². The van der Waals surface area contributed by atoms with Crippen molar-refractivity contribution in [1.82, 2.24) is 5.32 Å². The van der Waals surface area contributed by atoms with E-state index in [9.17, 15) is 14.0 Å². The van der Waals surface area contributed by atoms with Crippen LogP contribution in [0.5, 0.6) is 0 Å². The van der Waals surface area contributed by atoms with Gasteiger partial charge in [0.1, 0.15) is 18.4 Å². The maximum Gasteiger partial charge on any atom is 0.250 e. The number of amides is 2. The molecule has 20 heavy (non-hydrogen) atoms. The molecule has 108 valence electrons. The number of hydrogen-bond acceptors (Lipinski definition) is 2. The second-order valence-corrected chi connectivity index (χ2v) is 5.29. The molecule has 1 aliphatic rings. The van der Waals surface area contributed by atoms with Crippen LogP contribution in [0.25, 0.3) is 0 Å². The number of rotatable bonds is 3. The van der Waals surface area contributed by atoms with Crippen LogP contribution in [-0.4, -0.2) is 24.4 Å². The van der Waals surface area contributed by atoms with E-state index in [4.69, 9.17) is 0 Å². The Kier molecular flexibility index (Phi) is 4.06. The Labute approximate surface area is 118 Å². The number of carbonyl (C=O) groups is 2. The predicted molar refractivity (Wildman–Crippen MR) is 74.9 cm³/mol. The van der Waals surface area contributed by atoms with Crippen molar-refractivity contribution in [3.63, 3.8) is 0 Å². The molecule has 2 atom stereocenters. The molecule has 0 aromatic heterocycles. The summed E-state index contributed by atoms with van der Waals surface area (Å²) >= 11 is 0. The number of nitrogens with zero attached hydrogens (tertiary/aromatic N) is 1. The van der Waals surface area contributed by atoms with Crippen LogP contribution in [-0.2, 0) is 9.59 Å². The van der Waals surface area contributed by atoms with E-state index in [1.54, 1.807) is 13.0 Å². The molecule has 1 aliphatic heterocycles. The van der Waals surface area contributed by atoms with Crippen LogP contribution in [0.3, 0.4) is 0 Å². The van der Waals surface area contributed by atoms with Crippen molar-refractivity contribution in [2.45, 2.75) is 33.2 Å². The standard InChI is InChI=1S/C15H19FN2O2/c1-4-9(2)14-15(20)18(8-13(19)17-14)11-5-6-12(16)10(3)7-11/h5-7,9,14H,4,8H2,1-3H3,(H,17,19). The van der Waals surface area contributed by atoms with Gasteiger partial charge >= 0.3 is 0 Å². The first-order valence-electron chi connectivity index (χ1n) is 6.81. The van der Waals surface area contributed by atoms with Crippen LogP contribution < -0.4 is 10.2 Å². The van der Waals surface area contributed by atoms with E-state index in [-0.39, 0.29) is 30.1 Å². The van der Waals surface area contributed by atoms with Crippen molar-refractivity contribution in [3.05, 3.63) is 29.6 Å². The monoisotopic (exact) mass is 278 g/mol. The van der Waals surface area contributed by atoms with Crippen LogP contribution >= 0.6 is 0 Å². The van der Waals surface area contributed by atoms with Gasteiger partial charge in [0.15, 0.2) is 0 Å². The fourth-order valence-electron chi connectivity index (χ4n) is 2.31. The highest BCUT2D eigenvalue weighted by atomic mass is 19.1. The minimum atomic E-state index is -0.508. The molecule has 1 saturated heterocycles. The quantitative estimate of drug-likeness (QED) is 0.919. The fraction of sp³-hybridized carbons (Fsp3) is 0.467. The number of aryl methyl sites for hydroxylation is 1. The van der Waals surface area contributed by atoms with E-state index >= 15 is 0 Å². The molecule has 2 amide bonds. The largest absolute Gasteiger partial charge is 0.342 e. The molecule has 0 radical (unpaired) electrons. The molecule has 2 unspecified atom stereocenters. The molecule has 1 fully saturated rings. The van der Waals surface area contributed by atoms with Gasteiger partial charge in [-0.15, -0.1) is 0 Å². The lowest BCUT2D eigenvalue weighted by molar-refractivity contribution is -0.132. The summed E-state index contributed by atoms with van der Waals surface area (Å²) in [6.45, 7) is 5.53. The Morgan fingerprint density at radius 2 is 2.15 bits per heavy atom. The summed E-state index contributed by atoms with van der Waals surface area (Å²) in [4.78, 5) is 25.7. The topological polar surface area (TPSA) is 49.4 Å². The average molecular weight is 278 g/mol. The van der Waals surface area contributed by atoms with Crippen LogP contribution in [0, 0.1) is 18.7 Å². The third-order valence-corrected chi connectivity index (χ3v) is 3.82. The molecule has 0 aliphatic carbocycles. The fourth-order valence-corrected chi connectivity index (χ4v) is 2.31. The molecular formula is C15H19FN2O2. The molecule has 1 aromatic carbocycles. The van der Waals surface area contributed by atoms with Gasteiger partial charge in [-0.2, -0.15) is 0 Å². The number of hydrogen-bond donors (Lipinski definition) is 1. The van der Waals surface area contributed by atoms with E-state index < -0.39 is 6.04 Å². The Hall–Kier alpha value is -1.91. The number of nitrogens with one attached hydrogen (secondary N) is 1. The van der Waals surface area contributed by atoms with Crippen LogP contribution in [0.4, 0.5) is 10.1 Å². The molecule has 0 bridgehead atoms. The van der Waals surface area contributed by atoms with Crippen LogP contribution in [0.1, 0.15) is 25.8 Å². The average Bonchev–Trinajstić information content (AvgIpc) is 2.43. The Balaban J connectivity index is 2.32. The Morgan fingerprint density at radius 3 is 2.75 bits per heavy atom. The van der Waals surface area contributed by atoms with Crippen molar-refractivity contribution in [2.24, 2.45) is 5.92 Å². The highest BCUT2D eigenvalue weighted by Crippen LogP contribution is 2.23. The van der Waals surface area contributed by atoms with Crippen molar-refractivity contribution >= 4 is 17.5 Å². The van der Waals surface area contributed by atoms with E-state index in [0.717, 1.165) is 6.42 Å². The number of benzene rings is 1. The van der Waals surface area contributed by atoms with Crippen molar-refractivity contribution in [3.8, 4) is 0 Å². The zero-order valence-electron chi connectivity index (χ0n) is 11.9. The predicted octanol–water partition coefficient (Wildman–Crippen LogP) is 2.01. The van der Waals surface area contributed by atoms with Gasteiger partial charge in [-0.05, 0) is 36.6 Å². The Bertz CT molecular complexity index is 545. The lowest BCUT2D eigenvalue weighted by Crippen LogP contribution is -2.60. The van der Waals surface area contributed by atoms with E-state index in [1.807, 2.05) is 13.8 Å². The van der Waals surface area contributed by atoms with E-state index in [2.05, 4.69) is 5.32 Å². The summed E-state index contributed by atoms with van der Waals surface area (Å²) in [6, 6.07) is 3.95. The molecule has 0 saturated carbocycles. The molecule has 1 heterocycles. The number of carbonyl (C=O) groups excluding carboxylic acids is 2. The lowest BCUT2D eigenvalue weighted by Gasteiger charge is -2.35. The summed E-state index contributed by atoms with van der Waals surface area (Å²) in [7, 11) is 0. The lowest BCUT2D eigenvalue weighted by atomic mass is 9.96. The second-order valence-electron chi connectivity index (χ2n) is 5.29. The minimum Gasteiger partial charge on any atom is -0.342 e. The number of piperazine rings is 1. The zero-order chi connectivity index (χ0) is 14.9. The summed E-state index contributed by atoms with van der Waals surface area (Å²) in [6.07, 6.45) is 0.799. The third-order valence-electron chi connectivity index (χ3n) is 3.82. The highest BCUT2D eigenvalue weighted by Gasteiger charge is 2.36. The minimum absolute atomic E-state index is 0.0170. The van der Waals surface area contributed by atoms with Gasteiger partial charge in [-0.25, -0.2) is 4.39 Å². The first-order chi connectivity index (χ1) is 9.43. The van der Waals surface area contributed by atoms with Crippen LogP contribution in [0.2, 0.25) is 0 Å². The van der Waals surface area contributed by atoms with Crippen LogP contribution in [0.15, 0.2) is 18.2 Å². The van der Waals surface area contributed by atoms with E-state index in [0.29, 0.717) is 11.3 Å². The Morgan fingerprint density at radius 1 is 1.45 bits per heavy atom. The second kappa shape index (κ2) is 5.61. The third kappa shape index (κ3) is 2.66. The maximum atomic E-state index is 13.3. The molecule has 5 heteroatoms.